The summed E-state index contributed by atoms with van der Waals surface area (Å²) in [5.41, 5.74) is 14.6. The predicted molar refractivity (Wildman–Crippen MR) is 78.8 cm³/mol. The molecule has 0 bridgehead atoms. The fraction of sp³-hybridized carbons (Fsp3) is 1.00. The van der Waals surface area contributed by atoms with Crippen LogP contribution in [0.4, 0.5) is 0 Å². The van der Waals surface area contributed by atoms with Crippen molar-refractivity contribution in [2.75, 3.05) is 18.9 Å². The molecule has 5 N–H and O–H groups in total. The predicted octanol–water partition coefficient (Wildman–Crippen LogP) is -2.39. The molecule has 16 heteroatoms. The fourth-order valence-electron chi connectivity index (χ4n) is 2.03. The van der Waals surface area contributed by atoms with Gasteiger partial charge in [0, 0.05) is 6.29 Å². The maximum Gasteiger partial charge on any atom is 2.00 e. The second-order valence-corrected chi connectivity index (χ2v) is 10.2. The summed E-state index contributed by atoms with van der Waals surface area (Å²) in [7, 11) is -14.9. The van der Waals surface area contributed by atoms with Gasteiger partial charge in [-0.25, -0.2) is 4.57 Å². The van der Waals surface area contributed by atoms with Crippen LogP contribution in [0.15, 0.2) is 0 Å². The summed E-state index contributed by atoms with van der Waals surface area (Å²) in [6.07, 6.45) is 0.265. The van der Waals surface area contributed by atoms with Gasteiger partial charge in [-0.15, -0.1) is 0 Å². The summed E-state index contributed by atoms with van der Waals surface area (Å²) in [5, 5.41) is 0. The van der Waals surface area contributed by atoms with Crippen molar-refractivity contribution in [2.24, 2.45) is 0 Å². The number of nitrogens with zero attached hydrogens (tertiary/aromatic N) is 1. The molecule has 0 amide bonds. The molecule has 0 aliphatic heterocycles. The molecule has 0 radical (unpaired) electrons. The topological polar surface area (TPSA) is 245 Å². The van der Waals surface area contributed by atoms with Crippen LogP contribution in [0.2, 0.25) is 0 Å². The molecule has 1 aliphatic rings. The minimum absolute atomic E-state index is 0. The van der Waals surface area contributed by atoms with Crippen LogP contribution >= 0.6 is 22.8 Å². The van der Waals surface area contributed by atoms with E-state index in [-0.39, 0.29) is 38.0 Å². The second kappa shape index (κ2) is 11.8. The van der Waals surface area contributed by atoms with Crippen LogP contribution in [-0.2, 0) is 30.2 Å². The standard InChI is InChI=1S/C6H12N2.C3H12NO9P3.Pt/c7-5-3-1-2-4-6(5)8;5-14(6,7)1-4(2-15(8,9)10)3-16(11,12)13;/h5-8H,1-4H2;1-3H2,(H2,5,6,7)(H2,8,9,10)(H2,11,12,13);/q-2;;+2/p-3. The Morgan fingerprint density at radius 1 is 0.960 bits per heavy atom. The normalized spacial score (nSPS) is 23.9. The summed E-state index contributed by atoms with van der Waals surface area (Å²) >= 11 is 0. The van der Waals surface area contributed by atoms with Crippen molar-refractivity contribution in [1.29, 1.82) is 0 Å². The van der Waals surface area contributed by atoms with Gasteiger partial charge in [0.2, 0.25) is 0 Å². The van der Waals surface area contributed by atoms with Gasteiger partial charge in [-0.3, -0.25) is 4.90 Å². The molecule has 3 unspecified atom stereocenters. The van der Waals surface area contributed by atoms with E-state index in [9.17, 15) is 33.6 Å². The first kappa shape index (κ1) is 28.2. The first-order valence-corrected chi connectivity index (χ1v) is 12.1. The van der Waals surface area contributed by atoms with Crippen molar-refractivity contribution in [3.63, 3.8) is 0 Å². The summed E-state index contributed by atoms with van der Waals surface area (Å²) < 4.78 is 29.2. The average Bonchev–Trinajstić information content (AvgIpc) is 2.26. The summed E-state index contributed by atoms with van der Waals surface area (Å²) in [6, 6.07) is -0.160. The maximum absolute atomic E-state index is 10.5. The quantitative estimate of drug-likeness (QED) is 0.234. The van der Waals surface area contributed by atoms with E-state index >= 15 is 0 Å². The molecule has 0 spiro atoms. The molecule has 25 heavy (non-hydrogen) atoms. The Morgan fingerprint density at radius 3 is 1.60 bits per heavy atom. The van der Waals surface area contributed by atoms with Crippen molar-refractivity contribution in [3.8, 4) is 0 Å². The van der Waals surface area contributed by atoms with E-state index < -0.39 is 41.6 Å². The maximum atomic E-state index is 10.5. The van der Waals surface area contributed by atoms with E-state index in [1.807, 2.05) is 0 Å². The minimum atomic E-state index is -5.18. The summed E-state index contributed by atoms with van der Waals surface area (Å²) in [6.45, 7) is 0. The molecule has 0 aromatic carbocycles. The molecule has 154 valence electrons. The van der Waals surface area contributed by atoms with E-state index in [0.29, 0.717) is 0 Å². The molecule has 0 aromatic heterocycles. The third-order valence-electron chi connectivity index (χ3n) is 2.90. The van der Waals surface area contributed by atoms with Crippen molar-refractivity contribution in [3.05, 3.63) is 11.5 Å². The van der Waals surface area contributed by atoms with Crippen molar-refractivity contribution in [1.82, 2.24) is 4.90 Å². The van der Waals surface area contributed by atoms with Crippen LogP contribution in [0, 0.1) is 0 Å². The minimum Gasteiger partial charge on any atom is -0.810 e. The first-order valence-electron chi connectivity index (χ1n) is 6.83. The van der Waals surface area contributed by atoms with Gasteiger partial charge in [-0.2, -0.15) is 12.1 Å². The van der Waals surface area contributed by atoms with Gasteiger partial charge < -0.3 is 50.0 Å². The van der Waals surface area contributed by atoms with Crippen LogP contribution < -0.4 is 24.5 Å². The Kier molecular flexibility index (Phi) is 13.3. The van der Waals surface area contributed by atoms with E-state index in [4.69, 9.17) is 20.9 Å². The molecular formula is C9H21N3O9P3Pt-3. The average molecular weight is 603 g/mol. The number of rotatable bonds is 6. The molecule has 3 atom stereocenters. The zero-order valence-electron chi connectivity index (χ0n) is 13.0. The molecular weight excluding hydrogens is 582 g/mol. The van der Waals surface area contributed by atoms with Crippen LogP contribution in [0.25, 0.3) is 11.5 Å². The van der Waals surface area contributed by atoms with Crippen LogP contribution in [0.1, 0.15) is 25.7 Å². The van der Waals surface area contributed by atoms with Crippen molar-refractivity contribution in [2.45, 2.75) is 37.8 Å². The fourth-order valence-corrected chi connectivity index (χ4v) is 4.62. The van der Waals surface area contributed by atoms with Gasteiger partial charge in [-0.1, -0.05) is 33.3 Å². The smallest absolute Gasteiger partial charge is 0.810 e. The van der Waals surface area contributed by atoms with E-state index in [2.05, 4.69) is 0 Å². The first-order chi connectivity index (χ1) is 10.6. The van der Waals surface area contributed by atoms with Gasteiger partial charge in [0.1, 0.15) is 13.9 Å². The molecule has 1 saturated carbocycles. The monoisotopic (exact) mass is 603 g/mol. The molecule has 0 saturated heterocycles. The van der Waals surface area contributed by atoms with Gasteiger partial charge in [0.05, 0.1) is 6.29 Å². The van der Waals surface area contributed by atoms with Crippen LogP contribution in [-0.4, -0.2) is 45.3 Å². The van der Waals surface area contributed by atoms with E-state index in [0.717, 1.165) is 12.8 Å². The Balaban J connectivity index is 0. The van der Waals surface area contributed by atoms with Gasteiger partial charge in [0.15, 0.2) is 0 Å². The van der Waals surface area contributed by atoms with Crippen molar-refractivity contribution < 1.29 is 64.1 Å². The number of hydrogen-bond donors (Lipinski definition) is 0. The van der Waals surface area contributed by atoms with Gasteiger partial charge >= 0.3 is 21.1 Å². The van der Waals surface area contributed by atoms with Crippen molar-refractivity contribution >= 4 is 22.8 Å². The zero-order valence-corrected chi connectivity index (χ0v) is 18.0. The van der Waals surface area contributed by atoms with Crippen LogP contribution in [0.5, 0.6) is 0 Å². The third-order valence-corrected chi connectivity index (χ3v) is 5.18. The molecule has 12 nitrogen and oxygen atoms in total. The molecule has 1 aliphatic carbocycles. The SMILES string of the molecule is O=P([O-])([O-])CN(CP(=O)([O-])[OH2+])CP([O-])([O-])=[OH+].[NH-]C1CCCCC1[NH-].[Pt+2]. The van der Waals surface area contributed by atoms with Gasteiger partial charge in [-0.05, 0) is 0 Å². The summed E-state index contributed by atoms with van der Waals surface area (Å²) in [5.74, 6) is 0. The third kappa shape index (κ3) is 18.2. The Bertz CT molecular complexity index is 455. The number of hydrogen-bond acceptors (Lipinski definition) is 8. The molecule has 0 heterocycles. The Hall–Kier alpha value is 1.02. The molecule has 1 fully saturated rings. The van der Waals surface area contributed by atoms with Gasteiger partial charge in [0.25, 0.3) is 7.60 Å². The number of nitrogens with one attached hydrogen (secondary N) is 2. The second-order valence-electron chi connectivity index (χ2n) is 5.51. The Labute approximate surface area is 160 Å². The van der Waals surface area contributed by atoms with Crippen LogP contribution in [0.3, 0.4) is 0 Å². The zero-order chi connectivity index (χ0) is 19.2. The van der Waals surface area contributed by atoms with E-state index in [1.54, 1.807) is 0 Å². The molecule has 0 aromatic rings. The summed E-state index contributed by atoms with van der Waals surface area (Å²) in [4.78, 5) is 58.6. The Morgan fingerprint density at radius 2 is 1.36 bits per heavy atom. The van der Waals surface area contributed by atoms with E-state index in [1.165, 1.54) is 12.8 Å². The largest absolute Gasteiger partial charge is 2.00 e. The molecule has 1 rings (SSSR count).